The molecule has 0 bridgehead atoms. The zero-order chi connectivity index (χ0) is 14.0. The summed E-state index contributed by atoms with van der Waals surface area (Å²) in [7, 11) is 0. The fourth-order valence-corrected chi connectivity index (χ4v) is 2.35. The van der Waals surface area contributed by atoms with Gasteiger partial charge in [0.05, 0.1) is 17.3 Å². The normalized spacial score (nSPS) is 22.3. The number of carbonyl (C=O) groups is 1. The van der Waals surface area contributed by atoms with Crippen LogP contribution in [-0.4, -0.2) is 47.1 Å². The van der Waals surface area contributed by atoms with Crippen molar-refractivity contribution in [1.29, 1.82) is 0 Å². The number of carbonyl (C=O) groups excluding carboxylic acids is 1. The van der Waals surface area contributed by atoms with E-state index in [1.807, 2.05) is 32.9 Å². The maximum absolute atomic E-state index is 12.4. The van der Waals surface area contributed by atoms with Crippen LogP contribution in [0.4, 0.5) is 0 Å². The van der Waals surface area contributed by atoms with Crippen molar-refractivity contribution < 1.29 is 9.53 Å². The third-order valence-corrected chi connectivity index (χ3v) is 3.19. The molecule has 0 spiro atoms. The fraction of sp³-hybridized carbons (Fsp3) is 0.571. The largest absolute Gasteiger partial charge is 0.367 e. The molecular weight excluding hydrogens is 242 g/mol. The number of rotatable bonds is 2. The number of ether oxygens (including phenoxy) is 1. The average molecular weight is 263 g/mol. The third-order valence-electron chi connectivity index (χ3n) is 3.19. The van der Waals surface area contributed by atoms with Crippen LogP contribution in [0, 0.1) is 6.92 Å². The lowest BCUT2D eigenvalue weighted by molar-refractivity contribution is -0.122. The van der Waals surface area contributed by atoms with Gasteiger partial charge in [-0.25, -0.2) is 0 Å². The van der Waals surface area contributed by atoms with Crippen molar-refractivity contribution in [2.75, 3.05) is 19.6 Å². The van der Waals surface area contributed by atoms with Gasteiger partial charge in [0, 0.05) is 31.5 Å². The van der Waals surface area contributed by atoms with E-state index >= 15 is 0 Å². The van der Waals surface area contributed by atoms with Gasteiger partial charge >= 0.3 is 0 Å². The summed E-state index contributed by atoms with van der Waals surface area (Å²) in [5.41, 5.74) is 6.82. The Morgan fingerprint density at radius 3 is 2.89 bits per heavy atom. The predicted molar refractivity (Wildman–Crippen MR) is 72.9 cm³/mol. The third kappa shape index (κ3) is 3.30. The summed E-state index contributed by atoms with van der Waals surface area (Å²) in [4.78, 5) is 18.4. The van der Waals surface area contributed by atoms with E-state index in [9.17, 15) is 4.79 Å². The van der Waals surface area contributed by atoms with Gasteiger partial charge in [-0.1, -0.05) is 0 Å². The minimum atomic E-state index is -0.365. The number of aryl methyl sites for hydroxylation is 1. The highest BCUT2D eigenvalue weighted by molar-refractivity contribution is 5.94. The molecule has 1 saturated heterocycles. The zero-order valence-corrected chi connectivity index (χ0v) is 11.7. The van der Waals surface area contributed by atoms with Crippen LogP contribution >= 0.6 is 0 Å². The fourth-order valence-electron chi connectivity index (χ4n) is 2.35. The Labute approximate surface area is 113 Å². The summed E-state index contributed by atoms with van der Waals surface area (Å²) in [6, 6.07) is 3.66. The van der Waals surface area contributed by atoms with Gasteiger partial charge in [0.25, 0.3) is 5.91 Å². The summed E-state index contributed by atoms with van der Waals surface area (Å²) in [6.07, 6.45) is 1.52. The molecule has 0 radical (unpaired) electrons. The lowest BCUT2D eigenvalue weighted by Gasteiger charge is -2.42. The molecule has 2 N–H and O–H groups in total. The van der Waals surface area contributed by atoms with E-state index in [0.29, 0.717) is 25.2 Å². The summed E-state index contributed by atoms with van der Waals surface area (Å²) in [6.45, 7) is 7.36. The molecule has 1 aliphatic rings. The van der Waals surface area contributed by atoms with Crippen LogP contribution in [0.3, 0.4) is 0 Å². The van der Waals surface area contributed by atoms with Crippen LogP contribution in [0.5, 0.6) is 0 Å². The molecule has 5 heteroatoms. The highest BCUT2D eigenvalue weighted by atomic mass is 16.5. The molecule has 5 nitrogen and oxygen atoms in total. The van der Waals surface area contributed by atoms with Crippen molar-refractivity contribution in [3.63, 3.8) is 0 Å². The average Bonchev–Trinajstić information content (AvgIpc) is 2.37. The van der Waals surface area contributed by atoms with Gasteiger partial charge in [0.1, 0.15) is 0 Å². The smallest absolute Gasteiger partial charge is 0.255 e. The Balaban J connectivity index is 2.16. The van der Waals surface area contributed by atoms with Crippen molar-refractivity contribution in [3.05, 3.63) is 29.6 Å². The van der Waals surface area contributed by atoms with E-state index in [0.717, 1.165) is 5.69 Å². The van der Waals surface area contributed by atoms with Crippen molar-refractivity contribution in [2.45, 2.75) is 32.5 Å². The van der Waals surface area contributed by atoms with E-state index in [2.05, 4.69) is 4.98 Å². The van der Waals surface area contributed by atoms with Crippen molar-refractivity contribution in [1.82, 2.24) is 9.88 Å². The number of hydrogen-bond donors (Lipinski definition) is 1. The molecule has 1 atom stereocenters. The van der Waals surface area contributed by atoms with E-state index in [1.54, 1.807) is 11.1 Å². The molecule has 0 aliphatic carbocycles. The molecule has 1 aromatic heterocycles. The molecular formula is C14H21N3O2. The molecule has 1 aliphatic heterocycles. The van der Waals surface area contributed by atoms with E-state index in [-0.39, 0.29) is 17.6 Å². The first-order chi connectivity index (χ1) is 8.91. The van der Waals surface area contributed by atoms with Gasteiger partial charge < -0.3 is 15.4 Å². The van der Waals surface area contributed by atoms with Crippen molar-refractivity contribution in [3.8, 4) is 0 Å². The second-order valence-corrected chi connectivity index (χ2v) is 5.61. The number of pyridine rings is 1. The second-order valence-electron chi connectivity index (χ2n) is 5.61. The SMILES string of the molecule is Cc1ccc(C(=O)N2CC(CN)OC(C)(C)C2)cn1. The number of hydrogen-bond acceptors (Lipinski definition) is 4. The quantitative estimate of drug-likeness (QED) is 0.863. The number of nitrogens with two attached hydrogens (primary N) is 1. The molecule has 2 rings (SSSR count). The first-order valence-corrected chi connectivity index (χ1v) is 6.51. The van der Waals surface area contributed by atoms with E-state index in [1.165, 1.54) is 0 Å². The Morgan fingerprint density at radius 2 is 2.32 bits per heavy atom. The highest BCUT2D eigenvalue weighted by Gasteiger charge is 2.35. The topological polar surface area (TPSA) is 68.5 Å². The molecule has 0 saturated carbocycles. The Hall–Kier alpha value is -1.46. The lowest BCUT2D eigenvalue weighted by atomic mass is 10.0. The van der Waals surface area contributed by atoms with Crippen LogP contribution in [0.2, 0.25) is 0 Å². The van der Waals surface area contributed by atoms with Crippen LogP contribution in [0.1, 0.15) is 29.9 Å². The molecule has 104 valence electrons. The number of amides is 1. The van der Waals surface area contributed by atoms with E-state index < -0.39 is 0 Å². The van der Waals surface area contributed by atoms with Gasteiger partial charge in [-0.15, -0.1) is 0 Å². The number of aromatic nitrogens is 1. The molecule has 1 aromatic rings. The van der Waals surface area contributed by atoms with Gasteiger partial charge in [0.15, 0.2) is 0 Å². The molecule has 19 heavy (non-hydrogen) atoms. The molecule has 1 unspecified atom stereocenters. The van der Waals surface area contributed by atoms with Crippen LogP contribution in [0.15, 0.2) is 18.3 Å². The summed E-state index contributed by atoms with van der Waals surface area (Å²) < 4.78 is 5.82. The van der Waals surface area contributed by atoms with Gasteiger partial charge in [-0.2, -0.15) is 0 Å². The maximum Gasteiger partial charge on any atom is 0.255 e. The summed E-state index contributed by atoms with van der Waals surface area (Å²) in [5.74, 6) is -0.0117. The number of nitrogens with zero attached hydrogens (tertiary/aromatic N) is 2. The minimum Gasteiger partial charge on any atom is -0.367 e. The van der Waals surface area contributed by atoms with Crippen molar-refractivity contribution >= 4 is 5.91 Å². The first-order valence-electron chi connectivity index (χ1n) is 6.51. The lowest BCUT2D eigenvalue weighted by Crippen LogP contribution is -2.56. The van der Waals surface area contributed by atoms with Crippen LogP contribution in [-0.2, 0) is 4.74 Å². The monoisotopic (exact) mass is 263 g/mol. The minimum absolute atomic E-state index is 0.0117. The molecule has 2 heterocycles. The Kier molecular flexibility index (Phi) is 3.87. The van der Waals surface area contributed by atoms with Crippen LogP contribution < -0.4 is 5.73 Å². The predicted octanol–water partition coefficient (Wildman–Crippen LogP) is 0.968. The first kappa shape index (κ1) is 14.0. The maximum atomic E-state index is 12.4. The second kappa shape index (κ2) is 5.27. The summed E-state index contributed by atoms with van der Waals surface area (Å²) >= 11 is 0. The zero-order valence-electron chi connectivity index (χ0n) is 11.7. The van der Waals surface area contributed by atoms with Crippen LogP contribution in [0.25, 0.3) is 0 Å². The molecule has 0 aromatic carbocycles. The van der Waals surface area contributed by atoms with Gasteiger partial charge in [-0.05, 0) is 32.9 Å². The molecule has 1 amide bonds. The Morgan fingerprint density at radius 1 is 1.58 bits per heavy atom. The van der Waals surface area contributed by atoms with Gasteiger partial charge in [0.2, 0.25) is 0 Å². The summed E-state index contributed by atoms with van der Waals surface area (Å²) in [5, 5.41) is 0. The number of morpholine rings is 1. The van der Waals surface area contributed by atoms with Crippen molar-refractivity contribution in [2.24, 2.45) is 5.73 Å². The van der Waals surface area contributed by atoms with Gasteiger partial charge in [-0.3, -0.25) is 9.78 Å². The van der Waals surface area contributed by atoms with E-state index in [4.69, 9.17) is 10.5 Å². The highest BCUT2D eigenvalue weighted by Crippen LogP contribution is 2.22. The standard InChI is InChI=1S/C14H21N3O2/c1-10-4-5-11(7-16-10)13(18)17-8-12(6-15)19-14(2,3)9-17/h4-5,7,12H,6,8-9,15H2,1-3H3. The molecule has 1 fully saturated rings. The Bertz CT molecular complexity index is 456.